The van der Waals surface area contributed by atoms with E-state index in [2.05, 4.69) is 32.9 Å². The van der Waals surface area contributed by atoms with Gasteiger partial charge in [0.15, 0.2) is 11.5 Å². The molecule has 1 heterocycles. The molecule has 1 aromatic heterocycles. The van der Waals surface area contributed by atoms with Crippen molar-refractivity contribution in [3.63, 3.8) is 0 Å². The number of ether oxygens (including phenoxy) is 1. The Morgan fingerprint density at radius 2 is 1.36 bits per heavy atom. The highest BCUT2D eigenvalue weighted by Gasteiger charge is 2.26. The van der Waals surface area contributed by atoms with Gasteiger partial charge in [0.25, 0.3) is 5.91 Å². The van der Waals surface area contributed by atoms with Crippen LogP contribution in [0.15, 0.2) is 77.2 Å². The Labute approximate surface area is 213 Å². The van der Waals surface area contributed by atoms with Gasteiger partial charge < -0.3 is 19.0 Å². The molecule has 4 aromatic rings. The minimum atomic E-state index is -0.256. The summed E-state index contributed by atoms with van der Waals surface area (Å²) in [6.45, 7) is 6.53. The number of oxazole rings is 1. The number of aromatic nitrogens is 1. The second-order valence-corrected chi connectivity index (χ2v) is 10.0. The van der Waals surface area contributed by atoms with E-state index in [9.17, 15) is 4.79 Å². The van der Waals surface area contributed by atoms with E-state index in [1.807, 2.05) is 79.7 Å². The molecule has 0 aliphatic heterocycles. The van der Waals surface area contributed by atoms with Crippen molar-refractivity contribution >= 4 is 17.3 Å². The lowest BCUT2D eigenvalue weighted by Crippen LogP contribution is -2.27. The number of hydrogen-bond acceptors (Lipinski definition) is 5. The molecule has 6 nitrogen and oxygen atoms in total. The summed E-state index contributed by atoms with van der Waals surface area (Å²) < 4.78 is 11.5. The van der Waals surface area contributed by atoms with E-state index in [-0.39, 0.29) is 17.0 Å². The first kappa shape index (κ1) is 25.0. The number of anilines is 2. The van der Waals surface area contributed by atoms with Crippen LogP contribution in [-0.2, 0) is 5.41 Å². The maximum absolute atomic E-state index is 13.7. The minimum Gasteiger partial charge on any atom is -0.497 e. The lowest BCUT2D eigenvalue weighted by atomic mass is 9.87. The standard InChI is InChI=1S/C30H33N3O3/c1-30(2,3)22-12-8-21(9-13-22)28-31-26(27(36-28)20-10-14-23(15-11-20)32(4)5)29(34)33(6)24-16-18-25(35-7)19-17-24/h8-19H,1-7H3. The van der Waals surface area contributed by atoms with Crippen LogP contribution >= 0.6 is 0 Å². The van der Waals surface area contributed by atoms with Crippen molar-refractivity contribution in [1.82, 2.24) is 4.98 Å². The van der Waals surface area contributed by atoms with Crippen LogP contribution in [0, 0.1) is 0 Å². The third-order valence-corrected chi connectivity index (χ3v) is 6.24. The van der Waals surface area contributed by atoms with Crippen LogP contribution in [0.4, 0.5) is 11.4 Å². The van der Waals surface area contributed by atoms with Gasteiger partial charge in [-0.3, -0.25) is 4.79 Å². The summed E-state index contributed by atoms with van der Waals surface area (Å²) in [5.41, 5.74) is 4.91. The van der Waals surface area contributed by atoms with Gasteiger partial charge in [-0.1, -0.05) is 32.9 Å². The zero-order chi connectivity index (χ0) is 26.0. The fourth-order valence-electron chi connectivity index (χ4n) is 3.89. The van der Waals surface area contributed by atoms with Crippen molar-refractivity contribution in [1.29, 1.82) is 0 Å². The first-order chi connectivity index (χ1) is 17.1. The monoisotopic (exact) mass is 483 g/mol. The molecule has 3 aromatic carbocycles. The van der Waals surface area contributed by atoms with Gasteiger partial charge in [-0.2, -0.15) is 0 Å². The summed E-state index contributed by atoms with van der Waals surface area (Å²) in [4.78, 5) is 22.0. The lowest BCUT2D eigenvalue weighted by Gasteiger charge is -2.18. The number of hydrogen-bond donors (Lipinski definition) is 0. The molecule has 0 fully saturated rings. The molecule has 0 unspecified atom stereocenters. The zero-order valence-corrected chi connectivity index (χ0v) is 22.0. The number of carbonyl (C=O) groups is 1. The highest BCUT2D eigenvalue weighted by atomic mass is 16.5. The molecule has 0 atom stereocenters. The molecule has 186 valence electrons. The molecule has 0 radical (unpaired) electrons. The van der Waals surface area contributed by atoms with E-state index in [4.69, 9.17) is 14.1 Å². The van der Waals surface area contributed by atoms with Gasteiger partial charge in [0.2, 0.25) is 5.89 Å². The van der Waals surface area contributed by atoms with E-state index in [1.54, 1.807) is 19.1 Å². The smallest absolute Gasteiger partial charge is 0.280 e. The van der Waals surface area contributed by atoms with Gasteiger partial charge in [-0.05, 0) is 71.6 Å². The van der Waals surface area contributed by atoms with Crippen molar-refractivity contribution < 1.29 is 13.9 Å². The van der Waals surface area contributed by atoms with Gasteiger partial charge in [0, 0.05) is 43.6 Å². The van der Waals surface area contributed by atoms with Crippen molar-refractivity contribution in [3.05, 3.63) is 84.1 Å². The molecular formula is C30H33N3O3. The van der Waals surface area contributed by atoms with Gasteiger partial charge in [0.05, 0.1) is 7.11 Å². The topological polar surface area (TPSA) is 58.8 Å². The highest BCUT2D eigenvalue weighted by Crippen LogP contribution is 2.33. The molecule has 1 amide bonds. The average Bonchev–Trinajstić information content (AvgIpc) is 3.33. The van der Waals surface area contributed by atoms with Crippen LogP contribution in [0.25, 0.3) is 22.8 Å². The van der Waals surface area contributed by atoms with Gasteiger partial charge >= 0.3 is 0 Å². The van der Waals surface area contributed by atoms with Gasteiger partial charge in [0.1, 0.15) is 5.75 Å². The Morgan fingerprint density at radius 1 is 0.806 bits per heavy atom. The van der Waals surface area contributed by atoms with Crippen molar-refractivity contribution in [2.75, 3.05) is 38.1 Å². The Kier molecular flexibility index (Phi) is 6.88. The molecule has 0 aliphatic rings. The molecule has 0 saturated carbocycles. The second-order valence-electron chi connectivity index (χ2n) is 10.0. The van der Waals surface area contributed by atoms with Crippen LogP contribution in [0.3, 0.4) is 0 Å². The van der Waals surface area contributed by atoms with Crippen LogP contribution in [0.1, 0.15) is 36.8 Å². The predicted molar refractivity (Wildman–Crippen MR) is 146 cm³/mol. The normalized spacial score (nSPS) is 11.3. The first-order valence-corrected chi connectivity index (χ1v) is 11.9. The molecule has 0 saturated heterocycles. The summed E-state index contributed by atoms with van der Waals surface area (Å²) in [5, 5.41) is 0. The third kappa shape index (κ3) is 5.13. The van der Waals surface area contributed by atoms with E-state index >= 15 is 0 Å². The number of benzene rings is 3. The van der Waals surface area contributed by atoms with Gasteiger partial charge in [-0.25, -0.2) is 4.98 Å². The average molecular weight is 484 g/mol. The van der Waals surface area contributed by atoms with E-state index in [1.165, 1.54) is 5.56 Å². The van der Waals surface area contributed by atoms with Gasteiger partial charge in [-0.15, -0.1) is 0 Å². The molecular weight excluding hydrogens is 450 g/mol. The summed E-state index contributed by atoms with van der Waals surface area (Å²) >= 11 is 0. The number of nitrogens with zero attached hydrogens (tertiary/aromatic N) is 3. The summed E-state index contributed by atoms with van der Waals surface area (Å²) in [7, 11) is 7.32. The number of carbonyl (C=O) groups excluding carboxylic acids is 1. The molecule has 0 bridgehead atoms. The minimum absolute atomic E-state index is 0.0384. The van der Waals surface area contributed by atoms with Crippen molar-refractivity contribution in [3.8, 4) is 28.5 Å². The quantitative estimate of drug-likeness (QED) is 0.307. The van der Waals surface area contributed by atoms with Crippen molar-refractivity contribution in [2.24, 2.45) is 0 Å². The first-order valence-electron chi connectivity index (χ1n) is 11.9. The Hall–Kier alpha value is -4.06. The van der Waals surface area contributed by atoms with Crippen molar-refractivity contribution in [2.45, 2.75) is 26.2 Å². The summed E-state index contributed by atoms with van der Waals surface area (Å²) in [6.07, 6.45) is 0. The zero-order valence-electron chi connectivity index (χ0n) is 22.0. The second kappa shape index (κ2) is 9.90. The predicted octanol–water partition coefficient (Wildman–Crippen LogP) is 6.66. The van der Waals surface area contributed by atoms with Crippen LogP contribution in [0.5, 0.6) is 5.75 Å². The fraction of sp³-hybridized carbons (Fsp3) is 0.267. The van der Waals surface area contributed by atoms with Crippen LogP contribution in [0.2, 0.25) is 0 Å². The summed E-state index contributed by atoms with van der Waals surface area (Å²) in [5.74, 6) is 1.33. The molecule has 0 spiro atoms. The van der Waals surface area contributed by atoms with E-state index < -0.39 is 0 Å². The van der Waals surface area contributed by atoms with E-state index in [0.29, 0.717) is 11.7 Å². The number of rotatable bonds is 6. The number of amides is 1. The fourth-order valence-corrected chi connectivity index (χ4v) is 3.89. The SMILES string of the molecule is COc1ccc(N(C)C(=O)c2nc(-c3ccc(C(C)(C)C)cc3)oc2-c2ccc(N(C)C)cc2)cc1. The third-order valence-electron chi connectivity index (χ3n) is 6.24. The van der Waals surface area contributed by atoms with Crippen LogP contribution < -0.4 is 14.5 Å². The molecule has 6 heteroatoms. The maximum atomic E-state index is 13.7. The van der Waals surface area contributed by atoms with E-state index in [0.717, 1.165) is 28.3 Å². The Bertz CT molecular complexity index is 1330. The molecule has 0 N–H and O–H groups in total. The molecule has 36 heavy (non-hydrogen) atoms. The van der Waals surface area contributed by atoms with Crippen LogP contribution in [-0.4, -0.2) is 39.1 Å². The Balaban J connectivity index is 1.76. The summed E-state index contributed by atoms with van der Waals surface area (Å²) in [6, 6.07) is 23.4. The number of methoxy groups -OCH3 is 1. The largest absolute Gasteiger partial charge is 0.497 e. The Morgan fingerprint density at radius 3 is 1.89 bits per heavy atom. The molecule has 0 aliphatic carbocycles. The highest BCUT2D eigenvalue weighted by molar-refractivity contribution is 6.08. The maximum Gasteiger partial charge on any atom is 0.280 e. The molecule has 4 rings (SSSR count). The lowest BCUT2D eigenvalue weighted by molar-refractivity contribution is 0.0989.